The van der Waals surface area contributed by atoms with Crippen molar-refractivity contribution in [3.05, 3.63) is 77.9 Å². The van der Waals surface area contributed by atoms with Crippen LogP contribution >= 0.6 is 0 Å². The van der Waals surface area contributed by atoms with E-state index in [1.807, 2.05) is 0 Å². The molecule has 0 atom stereocenters. The van der Waals surface area contributed by atoms with Crippen LogP contribution < -0.4 is 5.73 Å². The van der Waals surface area contributed by atoms with Crippen molar-refractivity contribution in [1.29, 1.82) is 0 Å². The van der Waals surface area contributed by atoms with Crippen molar-refractivity contribution in [1.82, 2.24) is 0 Å². The number of rotatable bonds is 0. The zero-order valence-electron chi connectivity index (χ0n) is 13.9. The molecule has 0 aliphatic heterocycles. The van der Waals surface area contributed by atoms with Gasteiger partial charge in [-0.05, 0) is 51.2 Å². The number of hydrogen-bond donors (Lipinski definition) is 1. The molecule has 1 heteroatoms. The summed E-state index contributed by atoms with van der Waals surface area (Å²) in [4.78, 5) is 0. The van der Waals surface area contributed by atoms with Crippen LogP contribution in [0.1, 0.15) is 25.0 Å². The van der Waals surface area contributed by atoms with E-state index < -0.39 is 0 Å². The third-order valence-corrected chi connectivity index (χ3v) is 5.61. The first-order valence-corrected chi connectivity index (χ1v) is 8.43. The lowest BCUT2D eigenvalue weighted by Crippen LogP contribution is -2.14. The maximum Gasteiger partial charge on any atom is 0.0473 e. The van der Waals surface area contributed by atoms with Gasteiger partial charge in [0.1, 0.15) is 0 Å². The molecule has 116 valence electrons. The molecule has 0 radical (unpaired) electrons. The molecular weight excluding hydrogens is 290 g/mol. The van der Waals surface area contributed by atoms with Gasteiger partial charge in [-0.2, -0.15) is 0 Å². The molecular formula is C23H19N. The van der Waals surface area contributed by atoms with Gasteiger partial charge < -0.3 is 5.73 Å². The molecule has 0 saturated carbocycles. The molecule has 1 aliphatic carbocycles. The Hall–Kier alpha value is -2.80. The summed E-state index contributed by atoms with van der Waals surface area (Å²) in [5.41, 5.74) is 12.9. The third-order valence-electron chi connectivity index (χ3n) is 5.61. The summed E-state index contributed by atoms with van der Waals surface area (Å²) in [6.07, 6.45) is 0. The first kappa shape index (κ1) is 13.6. The molecule has 4 aromatic rings. The molecule has 1 nitrogen and oxygen atoms in total. The van der Waals surface area contributed by atoms with Gasteiger partial charge >= 0.3 is 0 Å². The summed E-state index contributed by atoms with van der Waals surface area (Å²) >= 11 is 0. The molecule has 0 fully saturated rings. The zero-order valence-corrected chi connectivity index (χ0v) is 13.9. The summed E-state index contributed by atoms with van der Waals surface area (Å²) in [7, 11) is 0. The molecule has 4 aromatic carbocycles. The van der Waals surface area contributed by atoms with E-state index in [-0.39, 0.29) is 5.41 Å². The second-order valence-electron chi connectivity index (χ2n) is 7.30. The zero-order chi connectivity index (χ0) is 16.5. The Morgan fingerprint density at radius 3 is 2.29 bits per heavy atom. The van der Waals surface area contributed by atoms with E-state index in [9.17, 15) is 0 Å². The van der Waals surface area contributed by atoms with Crippen LogP contribution in [0, 0.1) is 0 Å². The van der Waals surface area contributed by atoms with Gasteiger partial charge in [0.15, 0.2) is 0 Å². The van der Waals surface area contributed by atoms with Crippen LogP contribution in [0.4, 0.5) is 5.69 Å². The standard InChI is InChI=1S/C23H19N/c1-23(2)20-10-6-5-9-17(20)19-12-15-11-14-7-3-4-8-16(14)22(24)18(15)13-21(19)23/h3-13H,24H2,1-2H3. The van der Waals surface area contributed by atoms with E-state index in [0.717, 1.165) is 16.5 Å². The lowest BCUT2D eigenvalue weighted by Gasteiger charge is -2.22. The Morgan fingerprint density at radius 2 is 1.42 bits per heavy atom. The van der Waals surface area contributed by atoms with Gasteiger partial charge in [-0.1, -0.05) is 62.4 Å². The smallest absolute Gasteiger partial charge is 0.0473 e. The highest BCUT2D eigenvalue weighted by Crippen LogP contribution is 2.50. The molecule has 5 rings (SSSR count). The largest absolute Gasteiger partial charge is 0.398 e. The van der Waals surface area contributed by atoms with Gasteiger partial charge in [0.2, 0.25) is 0 Å². The first-order valence-electron chi connectivity index (χ1n) is 8.43. The molecule has 2 N–H and O–H groups in total. The van der Waals surface area contributed by atoms with Crippen LogP contribution in [0.3, 0.4) is 0 Å². The highest BCUT2D eigenvalue weighted by molar-refractivity contribution is 6.11. The van der Waals surface area contributed by atoms with Crippen LogP contribution in [-0.4, -0.2) is 0 Å². The van der Waals surface area contributed by atoms with Crippen LogP contribution in [0.15, 0.2) is 66.7 Å². The summed E-state index contributed by atoms with van der Waals surface area (Å²) in [6, 6.07) is 24.0. The van der Waals surface area contributed by atoms with Crippen molar-refractivity contribution in [3.8, 4) is 11.1 Å². The van der Waals surface area contributed by atoms with Crippen molar-refractivity contribution in [3.63, 3.8) is 0 Å². The molecule has 0 aromatic heterocycles. The van der Waals surface area contributed by atoms with E-state index in [0.29, 0.717) is 0 Å². The summed E-state index contributed by atoms with van der Waals surface area (Å²) in [5.74, 6) is 0. The molecule has 24 heavy (non-hydrogen) atoms. The van der Waals surface area contributed by atoms with E-state index in [1.165, 1.54) is 33.0 Å². The van der Waals surface area contributed by atoms with Crippen molar-refractivity contribution in [2.24, 2.45) is 0 Å². The van der Waals surface area contributed by atoms with Crippen LogP contribution in [-0.2, 0) is 5.41 Å². The number of hydrogen-bond acceptors (Lipinski definition) is 1. The second-order valence-corrected chi connectivity index (χ2v) is 7.30. The second kappa shape index (κ2) is 4.39. The average Bonchev–Trinajstić information content (AvgIpc) is 2.82. The fourth-order valence-corrected chi connectivity index (χ4v) is 4.30. The summed E-state index contributed by atoms with van der Waals surface area (Å²) in [5, 5.41) is 4.72. The minimum absolute atomic E-state index is 0.0121. The van der Waals surface area contributed by atoms with Gasteiger partial charge in [-0.3, -0.25) is 0 Å². The quantitative estimate of drug-likeness (QED) is 0.318. The van der Waals surface area contributed by atoms with Gasteiger partial charge in [-0.25, -0.2) is 0 Å². The molecule has 0 spiro atoms. The molecule has 0 bridgehead atoms. The maximum absolute atomic E-state index is 6.54. The van der Waals surface area contributed by atoms with Gasteiger partial charge in [0.25, 0.3) is 0 Å². The minimum atomic E-state index is 0.0121. The van der Waals surface area contributed by atoms with Gasteiger partial charge in [-0.15, -0.1) is 0 Å². The molecule has 0 unspecified atom stereocenters. The third kappa shape index (κ3) is 1.59. The lowest BCUT2D eigenvalue weighted by molar-refractivity contribution is 0.661. The summed E-state index contributed by atoms with van der Waals surface area (Å²) in [6.45, 7) is 4.61. The van der Waals surface area contributed by atoms with Gasteiger partial charge in [0.05, 0.1) is 0 Å². The number of nitrogens with two attached hydrogens (primary N) is 1. The molecule has 0 amide bonds. The summed E-state index contributed by atoms with van der Waals surface area (Å²) < 4.78 is 0. The monoisotopic (exact) mass is 309 g/mol. The predicted molar refractivity (Wildman–Crippen MR) is 103 cm³/mol. The van der Waals surface area contributed by atoms with Gasteiger partial charge in [0, 0.05) is 21.9 Å². The predicted octanol–water partition coefficient (Wildman–Crippen LogP) is 5.88. The van der Waals surface area contributed by atoms with E-state index >= 15 is 0 Å². The van der Waals surface area contributed by atoms with E-state index in [2.05, 4.69) is 80.6 Å². The van der Waals surface area contributed by atoms with Crippen LogP contribution in [0.5, 0.6) is 0 Å². The molecule has 0 heterocycles. The van der Waals surface area contributed by atoms with Crippen molar-refractivity contribution < 1.29 is 0 Å². The SMILES string of the molecule is CC1(C)c2ccccc2-c2cc3cc4ccccc4c(N)c3cc21. The Balaban J connectivity index is 1.94. The highest BCUT2D eigenvalue weighted by atomic mass is 14.6. The first-order chi connectivity index (χ1) is 11.6. The van der Waals surface area contributed by atoms with Crippen LogP contribution in [0.2, 0.25) is 0 Å². The number of nitrogen functional groups attached to an aromatic ring is 1. The maximum atomic E-state index is 6.54. The average molecular weight is 309 g/mol. The number of anilines is 1. The number of benzene rings is 4. The molecule has 1 aliphatic rings. The number of fused-ring (bicyclic) bond motifs is 5. The normalized spacial score (nSPS) is 14.8. The van der Waals surface area contributed by atoms with Crippen molar-refractivity contribution in [2.75, 3.05) is 5.73 Å². The van der Waals surface area contributed by atoms with E-state index in [4.69, 9.17) is 5.73 Å². The highest BCUT2D eigenvalue weighted by Gasteiger charge is 2.35. The van der Waals surface area contributed by atoms with Crippen LogP contribution in [0.25, 0.3) is 32.7 Å². The van der Waals surface area contributed by atoms with E-state index in [1.54, 1.807) is 0 Å². The topological polar surface area (TPSA) is 26.0 Å². The molecule has 0 saturated heterocycles. The Kier molecular flexibility index (Phi) is 2.49. The lowest BCUT2D eigenvalue weighted by atomic mass is 9.81. The Morgan fingerprint density at radius 1 is 0.667 bits per heavy atom. The Labute approximate surface area is 141 Å². The fourth-order valence-electron chi connectivity index (χ4n) is 4.30. The minimum Gasteiger partial charge on any atom is -0.398 e. The van der Waals surface area contributed by atoms with Crippen molar-refractivity contribution in [2.45, 2.75) is 19.3 Å². The Bertz CT molecular complexity index is 1140. The van der Waals surface area contributed by atoms with Crippen molar-refractivity contribution >= 4 is 27.2 Å². The fraction of sp³-hybridized carbons (Fsp3) is 0.130.